The number of pyridine rings is 2. The van der Waals surface area contributed by atoms with Crippen molar-refractivity contribution in [2.24, 2.45) is 5.84 Å². The average Bonchev–Trinajstić information content (AvgIpc) is 2.87. The Hall–Kier alpha value is -3.24. The van der Waals surface area contributed by atoms with Crippen molar-refractivity contribution in [3.63, 3.8) is 0 Å². The molecule has 0 atom stereocenters. The zero-order valence-corrected chi connectivity index (χ0v) is 21.3. The van der Waals surface area contributed by atoms with Crippen molar-refractivity contribution >= 4 is 61.5 Å². The quantitative estimate of drug-likeness (QED) is 0.220. The highest BCUT2D eigenvalue weighted by Crippen LogP contribution is 2.33. The normalized spacial score (nSPS) is 15.1. The standard InChI is InChI=1S/C25H21Cl2N5O3S/c26-20-8-6-17(14-19(20)22-9-10-23-24(30-22)4-3-11-29-23)32(28)25(33)18-7-5-16(15-21(18)27)31-12-1-2-13-36(31,34)35/h3-11,14-15H,1-2,12-13,28H2. The van der Waals surface area contributed by atoms with Crippen LogP contribution in [0, 0.1) is 0 Å². The molecule has 0 saturated carbocycles. The molecule has 1 fully saturated rings. The summed E-state index contributed by atoms with van der Waals surface area (Å²) in [5, 5.41) is 1.52. The van der Waals surface area contributed by atoms with Gasteiger partial charge in [0.15, 0.2) is 0 Å². The summed E-state index contributed by atoms with van der Waals surface area (Å²) in [7, 11) is -3.40. The Morgan fingerprint density at radius 2 is 1.81 bits per heavy atom. The van der Waals surface area contributed by atoms with E-state index in [9.17, 15) is 13.2 Å². The van der Waals surface area contributed by atoms with Gasteiger partial charge >= 0.3 is 0 Å². The summed E-state index contributed by atoms with van der Waals surface area (Å²) in [5.41, 5.74) is 3.60. The molecule has 1 aliphatic heterocycles. The molecule has 5 rings (SSSR count). The second-order valence-corrected chi connectivity index (χ2v) is 11.2. The van der Waals surface area contributed by atoms with Crippen LogP contribution in [0.4, 0.5) is 11.4 Å². The zero-order valence-electron chi connectivity index (χ0n) is 18.9. The van der Waals surface area contributed by atoms with E-state index in [1.165, 1.54) is 16.4 Å². The first-order valence-corrected chi connectivity index (χ1v) is 13.5. The summed E-state index contributed by atoms with van der Waals surface area (Å²) in [6, 6.07) is 16.8. The number of nitrogens with zero attached hydrogens (tertiary/aromatic N) is 4. The fourth-order valence-electron chi connectivity index (χ4n) is 4.12. The Balaban J connectivity index is 1.44. The predicted octanol–water partition coefficient (Wildman–Crippen LogP) is 5.05. The average molecular weight is 542 g/mol. The number of halogens is 2. The number of fused-ring (bicyclic) bond motifs is 1. The Morgan fingerprint density at radius 3 is 2.58 bits per heavy atom. The summed E-state index contributed by atoms with van der Waals surface area (Å²) in [4.78, 5) is 22.1. The molecule has 1 amide bonds. The zero-order chi connectivity index (χ0) is 25.4. The number of hydrogen-bond acceptors (Lipinski definition) is 6. The molecule has 0 spiro atoms. The highest BCUT2D eigenvalue weighted by molar-refractivity contribution is 7.92. The van der Waals surface area contributed by atoms with E-state index in [-0.39, 0.29) is 16.3 Å². The lowest BCUT2D eigenvalue weighted by molar-refractivity contribution is 0.0987. The molecule has 1 aliphatic rings. The number of rotatable bonds is 4. The minimum Gasteiger partial charge on any atom is -0.270 e. The second kappa shape index (κ2) is 9.67. The van der Waals surface area contributed by atoms with E-state index in [2.05, 4.69) is 9.97 Å². The maximum Gasteiger partial charge on any atom is 0.273 e. The number of carbonyl (C=O) groups is 1. The minimum atomic E-state index is -3.40. The van der Waals surface area contributed by atoms with Gasteiger partial charge in [0.05, 0.1) is 49.5 Å². The number of anilines is 2. The lowest BCUT2D eigenvalue weighted by atomic mass is 10.1. The van der Waals surface area contributed by atoms with Crippen molar-refractivity contribution in [3.8, 4) is 11.3 Å². The van der Waals surface area contributed by atoms with E-state index < -0.39 is 15.9 Å². The van der Waals surface area contributed by atoms with Crippen LogP contribution in [0.3, 0.4) is 0 Å². The molecule has 0 radical (unpaired) electrons. The van der Waals surface area contributed by atoms with Crippen molar-refractivity contribution in [2.45, 2.75) is 12.8 Å². The van der Waals surface area contributed by atoms with Gasteiger partial charge in [0.1, 0.15) is 0 Å². The molecule has 11 heteroatoms. The third-order valence-corrected chi connectivity index (χ3v) is 8.51. The number of aromatic nitrogens is 2. The molecule has 0 aliphatic carbocycles. The molecule has 8 nitrogen and oxygen atoms in total. The first-order chi connectivity index (χ1) is 17.2. The molecule has 0 unspecified atom stereocenters. The van der Waals surface area contributed by atoms with E-state index in [0.717, 1.165) is 16.9 Å². The summed E-state index contributed by atoms with van der Waals surface area (Å²) in [6.07, 6.45) is 3.08. The van der Waals surface area contributed by atoms with Crippen molar-refractivity contribution in [1.82, 2.24) is 9.97 Å². The maximum absolute atomic E-state index is 13.2. The third-order valence-electron chi connectivity index (χ3n) is 6.00. The molecular weight excluding hydrogens is 521 g/mol. The summed E-state index contributed by atoms with van der Waals surface area (Å²) in [6.45, 7) is 0.376. The van der Waals surface area contributed by atoms with Crippen LogP contribution in [0.25, 0.3) is 22.3 Å². The van der Waals surface area contributed by atoms with Gasteiger partial charge in [-0.05, 0) is 73.5 Å². The number of sulfonamides is 1. The van der Waals surface area contributed by atoms with Gasteiger partial charge in [-0.25, -0.2) is 24.3 Å². The van der Waals surface area contributed by atoms with Crippen LogP contribution in [-0.4, -0.2) is 36.6 Å². The lowest BCUT2D eigenvalue weighted by Crippen LogP contribution is -2.38. The molecule has 2 aromatic carbocycles. The molecule has 1 saturated heterocycles. The minimum absolute atomic E-state index is 0.0867. The van der Waals surface area contributed by atoms with Gasteiger partial charge in [-0.3, -0.25) is 14.1 Å². The van der Waals surface area contributed by atoms with Gasteiger partial charge in [0.25, 0.3) is 5.91 Å². The van der Waals surface area contributed by atoms with E-state index in [1.54, 1.807) is 42.6 Å². The number of hydrazine groups is 1. The molecule has 3 heterocycles. The molecular formula is C25H21Cl2N5O3S. The molecule has 36 heavy (non-hydrogen) atoms. The van der Waals surface area contributed by atoms with Crippen LogP contribution in [0.2, 0.25) is 10.0 Å². The van der Waals surface area contributed by atoms with Crippen molar-refractivity contribution in [1.29, 1.82) is 0 Å². The fraction of sp³-hybridized carbons (Fsp3) is 0.160. The Kier molecular flexibility index (Phi) is 6.57. The predicted molar refractivity (Wildman–Crippen MR) is 143 cm³/mol. The summed E-state index contributed by atoms with van der Waals surface area (Å²) < 4.78 is 26.2. The van der Waals surface area contributed by atoms with Gasteiger partial charge in [0.2, 0.25) is 10.0 Å². The van der Waals surface area contributed by atoms with Crippen molar-refractivity contribution < 1.29 is 13.2 Å². The monoisotopic (exact) mass is 541 g/mol. The van der Waals surface area contributed by atoms with Crippen LogP contribution in [0.5, 0.6) is 0 Å². The highest BCUT2D eigenvalue weighted by atomic mass is 35.5. The van der Waals surface area contributed by atoms with Crippen LogP contribution >= 0.6 is 23.2 Å². The number of amides is 1. The summed E-state index contributed by atoms with van der Waals surface area (Å²) in [5.74, 6) is 5.72. The first kappa shape index (κ1) is 24.5. The van der Waals surface area contributed by atoms with E-state index >= 15 is 0 Å². The Bertz CT molecular complexity index is 1600. The first-order valence-electron chi connectivity index (χ1n) is 11.2. The van der Waals surface area contributed by atoms with Gasteiger partial charge < -0.3 is 0 Å². The van der Waals surface area contributed by atoms with Crippen LogP contribution in [0.15, 0.2) is 66.9 Å². The molecule has 2 aromatic heterocycles. The lowest BCUT2D eigenvalue weighted by Gasteiger charge is -2.28. The Labute approximate surface area is 218 Å². The number of benzene rings is 2. The van der Waals surface area contributed by atoms with E-state index in [0.29, 0.717) is 46.1 Å². The molecule has 184 valence electrons. The SMILES string of the molecule is NN(C(=O)c1ccc(N2CCCCS2(=O)=O)cc1Cl)c1ccc(Cl)c(-c2ccc3ncccc3n2)c1. The van der Waals surface area contributed by atoms with Crippen LogP contribution in [-0.2, 0) is 10.0 Å². The summed E-state index contributed by atoms with van der Waals surface area (Å²) >= 11 is 12.9. The fourth-order valence-corrected chi connectivity index (χ4v) is 6.23. The number of nitrogens with two attached hydrogens (primary N) is 1. The smallest absolute Gasteiger partial charge is 0.270 e. The topological polar surface area (TPSA) is 109 Å². The number of carbonyl (C=O) groups excluding carboxylic acids is 1. The maximum atomic E-state index is 13.2. The van der Waals surface area contributed by atoms with Crippen LogP contribution in [0.1, 0.15) is 23.2 Å². The van der Waals surface area contributed by atoms with E-state index in [1.807, 2.05) is 12.1 Å². The third kappa shape index (κ3) is 4.62. The largest absolute Gasteiger partial charge is 0.273 e. The van der Waals surface area contributed by atoms with Crippen LogP contribution < -0.4 is 15.2 Å². The second-order valence-electron chi connectivity index (χ2n) is 8.34. The highest BCUT2D eigenvalue weighted by Gasteiger charge is 2.27. The van der Waals surface area contributed by atoms with E-state index in [4.69, 9.17) is 29.0 Å². The van der Waals surface area contributed by atoms with Crippen molar-refractivity contribution in [2.75, 3.05) is 21.6 Å². The number of hydrogen-bond donors (Lipinski definition) is 1. The molecule has 0 bridgehead atoms. The molecule has 4 aromatic rings. The Morgan fingerprint density at radius 1 is 0.972 bits per heavy atom. The van der Waals surface area contributed by atoms with Gasteiger partial charge in [0, 0.05) is 18.3 Å². The van der Waals surface area contributed by atoms with Gasteiger partial charge in [-0.1, -0.05) is 23.2 Å². The van der Waals surface area contributed by atoms with Gasteiger partial charge in [-0.15, -0.1) is 0 Å². The van der Waals surface area contributed by atoms with Gasteiger partial charge in [-0.2, -0.15) is 0 Å². The van der Waals surface area contributed by atoms with Crippen molar-refractivity contribution in [3.05, 3.63) is 82.5 Å². The molecule has 2 N–H and O–H groups in total.